The number of rotatable bonds is 5. The Morgan fingerprint density at radius 1 is 1.28 bits per heavy atom. The van der Waals surface area contributed by atoms with Crippen LogP contribution in [0.4, 0.5) is 4.39 Å². The Hall–Kier alpha value is -3.05. The van der Waals surface area contributed by atoms with E-state index >= 15 is 0 Å². The molecule has 1 aromatic heterocycles. The standard InChI is InChI=1S/C17H14FN5OS/c1-24-15-5-3-2-4-14(15)16-21-22-17(23(16)20)25-10-11-6-7-13(18)8-12(11)9-19/h2-8H,10,20H2,1H3. The van der Waals surface area contributed by atoms with E-state index in [1.165, 1.54) is 28.6 Å². The molecule has 0 fully saturated rings. The Balaban J connectivity index is 1.84. The maximum Gasteiger partial charge on any atom is 0.210 e. The summed E-state index contributed by atoms with van der Waals surface area (Å²) in [5, 5.41) is 17.8. The number of hydrogen-bond donors (Lipinski definition) is 1. The van der Waals surface area contributed by atoms with Gasteiger partial charge in [-0.3, -0.25) is 0 Å². The zero-order chi connectivity index (χ0) is 17.8. The van der Waals surface area contributed by atoms with E-state index < -0.39 is 5.82 Å². The zero-order valence-electron chi connectivity index (χ0n) is 13.3. The topological polar surface area (TPSA) is 89.8 Å². The van der Waals surface area contributed by atoms with Crippen molar-refractivity contribution < 1.29 is 9.13 Å². The predicted molar refractivity (Wildman–Crippen MR) is 92.8 cm³/mol. The second kappa shape index (κ2) is 7.23. The highest BCUT2D eigenvalue weighted by atomic mass is 32.2. The molecule has 0 amide bonds. The van der Waals surface area contributed by atoms with E-state index in [1.807, 2.05) is 30.3 Å². The molecule has 0 spiro atoms. The van der Waals surface area contributed by atoms with E-state index in [0.717, 1.165) is 5.56 Å². The van der Waals surface area contributed by atoms with E-state index in [2.05, 4.69) is 10.2 Å². The maximum absolute atomic E-state index is 13.2. The summed E-state index contributed by atoms with van der Waals surface area (Å²) in [4.78, 5) is 0. The lowest BCUT2D eigenvalue weighted by Crippen LogP contribution is -2.12. The molecule has 0 saturated carbocycles. The molecule has 25 heavy (non-hydrogen) atoms. The van der Waals surface area contributed by atoms with Gasteiger partial charge in [-0.2, -0.15) is 5.26 Å². The van der Waals surface area contributed by atoms with E-state index in [9.17, 15) is 4.39 Å². The first-order valence-electron chi connectivity index (χ1n) is 7.29. The molecule has 2 aromatic carbocycles. The molecule has 1 heterocycles. The van der Waals surface area contributed by atoms with Gasteiger partial charge in [0.15, 0.2) is 5.82 Å². The van der Waals surface area contributed by atoms with Gasteiger partial charge in [0.2, 0.25) is 5.16 Å². The van der Waals surface area contributed by atoms with Crippen LogP contribution in [0.1, 0.15) is 11.1 Å². The number of hydrogen-bond acceptors (Lipinski definition) is 6. The summed E-state index contributed by atoms with van der Waals surface area (Å²) in [5.41, 5.74) is 1.72. The Kier molecular flexibility index (Phi) is 4.86. The fourth-order valence-corrected chi connectivity index (χ4v) is 3.17. The minimum atomic E-state index is -0.439. The van der Waals surface area contributed by atoms with Crippen LogP contribution in [0.5, 0.6) is 5.75 Å². The first-order chi connectivity index (χ1) is 12.1. The molecular weight excluding hydrogens is 341 g/mol. The maximum atomic E-state index is 13.2. The van der Waals surface area contributed by atoms with Crippen LogP contribution >= 0.6 is 11.8 Å². The van der Waals surface area contributed by atoms with Crippen molar-refractivity contribution in [3.05, 3.63) is 59.4 Å². The highest BCUT2D eigenvalue weighted by Crippen LogP contribution is 2.30. The van der Waals surface area contributed by atoms with Crippen molar-refractivity contribution in [2.75, 3.05) is 13.0 Å². The van der Waals surface area contributed by atoms with Gasteiger partial charge in [0.1, 0.15) is 11.6 Å². The number of nitrogens with zero attached hydrogens (tertiary/aromatic N) is 4. The first kappa shape index (κ1) is 16.8. The monoisotopic (exact) mass is 355 g/mol. The molecule has 0 radical (unpaired) electrons. The van der Waals surface area contributed by atoms with Crippen LogP contribution in [0, 0.1) is 17.1 Å². The number of benzene rings is 2. The minimum absolute atomic E-state index is 0.292. The Morgan fingerprint density at radius 2 is 2.08 bits per heavy atom. The zero-order valence-corrected chi connectivity index (χ0v) is 14.1. The van der Waals surface area contributed by atoms with Crippen LogP contribution < -0.4 is 10.6 Å². The number of methoxy groups -OCH3 is 1. The van der Waals surface area contributed by atoms with Gasteiger partial charge >= 0.3 is 0 Å². The van der Waals surface area contributed by atoms with Crippen LogP contribution in [0.2, 0.25) is 0 Å². The molecule has 2 N–H and O–H groups in total. The average Bonchev–Trinajstić information content (AvgIpc) is 3.01. The van der Waals surface area contributed by atoms with Crippen molar-refractivity contribution in [3.8, 4) is 23.2 Å². The third kappa shape index (κ3) is 3.41. The molecule has 0 unspecified atom stereocenters. The number of ether oxygens (including phenoxy) is 1. The van der Waals surface area contributed by atoms with Crippen molar-refractivity contribution in [1.82, 2.24) is 14.9 Å². The van der Waals surface area contributed by atoms with Gasteiger partial charge in [0.25, 0.3) is 0 Å². The summed E-state index contributed by atoms with van der Waals surface area (Å²) < 4.78 is 19.9. The lowest BCUT2D eigenvalue weighted by Gasteiger charge is -2.08. The third-order valence-electron chi connectivity index (χ3n) is 3.56. The van der Waals surface area contributed by atoms with Crippen molar-refractivity contribution >= 4 is 11.8 Å². The van der Waals surface area contributed by atoms with E-state index in [4.69, 9.17) is 15.8 Å². The molecule has 0 aliphatic rings. The molecule has 0 atom stereocenters. The minimum Gasteiger partial charge on any atom is -0.496 e. The van der Waals surface area contributed by atoms with Gasteiger partial charge in [-0.25, -0.2) is 9.07 Å². The van der Waals surface area contributed by atoms with Crippen molar-refractivity contribution in [1.29, 1.82) is 5.26 Å². The Bertz CT molecular complexity index is 950. The van der Waals surface area contributed by atoms with Crippen molar-refractivity contribution in [2.45, 2.75) is 10.9 Å². The van der Waals surface area contributed by atoms with Gasteiger partial charge in [0.05, 0.1) is 24.3 Å². The van der Waals surface area contributed by atoms with E-state index in [1.54, 1.807) is 13.2 Å². The molecule has 0 bridgehead atoms. The molecule has 8 heteroatoms. The fraction of sp³-hybridized carbons (Fsp3) is 0.118. The number of nitriles is 1. The largest absolute Gasteiger partial charge is 0.496 e. The second-order valence-corrected chi connectivity index (χ2v) is 6.02. The van der Waals surface area contributed by atoms with Gasteiger partial charge in [0, 0.05) is 5.75 Å². The van der Waals surface area contributed by atoms with Crippen LogP contribution in [0.3, 0.4) is 0 Å². The lowest BCUT2D eigenvalue weighted by atomic mass is 10.1. The van der Waals surface area contributed by atoms with Crippen LogP contribution in [-0.2, 0) is 5.75 Å². The number of nitrogen functional groups attached to an aromatic ring is 1. The summed E-state index contributed by atoms with van der Waals surface area (Å²) in [6.45, 7) is 0. The van der Waals surface area contributed by atoms with Crippen LogP contribution in [-0.4, -0.2) is 22.0 Å². The van der Waals surface area contributed by atoms with Crippen molar-refractivity contribution in [2.24, 2.45) is 0 Å². The summed E-state index contributed by atoms with van der Waals surface area (Å²) >= 11 is 1.31. The fourth-order valence-electron chi connectivity index (χ4n) is 2.31. The second-order valence-electron chi connectivity index (χ2n) is 5.08. The van der Waals surface area contributed by atoms with E-state index in [0.29, 0.717) is 33.6 Å². The molecular formula is C17H14FN5OS. The molecule has 6 nitrogen and oxygen atoms in total. The number of halogens is 1. The molecule has 0 saturated heterocycles. The number of para-hydroxylation sites is 1. The molecule has 3 rings (SSSR count). The summed E-state index contributed by atoms with van der Waals surface area (Å²) in [7, 11) is 1.57. The normalized spacial score (nSPS) is 10.4. The average molecular weight is 355 g/mol. The van der Waals surface area contributed by atoms with E-state index in [-0.39, 0.29) is 0 Å². The molecule has 0 aliphatic heterocycles. The predicted octanol–water partition coefficient (Wildman–Crippen LogP) is 2.97. The first-order valence-corrected chi connectivity index (χ1v) is 8.27. The lowest BCUT2D eigenvalue weighted by molar-refractivity contribution is 0.416. The quantitative estimate of drug-likeness (QED) is 0.559. The van der Waals surface area contributed by atoms with Gasteiger partial charge < -0.3 is 10.6 Å². The summed E-state index contributed by atoms with van der Waals surface area (Å²) in [6.07, 6.45) is 0. The van der Waals surface area contributed by atoms with Crippen LogP contribution in [0.25, 0.3) is 11.4 Å². The van der Waals surface area contributed by atoms with Crippen LogP contribution in [0.15, 0.2) is 47.6 Å². The molecule has 3 aromatic rings. The van der Waals surface area contributed by atoms with Gasteiger partial charge in [-0.1, -0.05) is 30.0 Å². The van der Waals surface area contributed by atoms with Gasteiger partial charge in [-0.15, -0.1) is 10.2 Å². The number of nitrogens with two attached hydrogens (primary N) is 1. The third-order valence-corrected chi connectivity index (χ3v) is 4.55. The number of thioether (sulfide) groups is 1. The summed E-state index contributed by atoms with van der Waals surface area (Å²) in [6, 6.07) is 13.5. The number of aromatic nitrogens is 3. The molecule has 126 valence electrons. The molecule has 0 aliphatic carbocycles. The van der Waals surface area contributed by atoms with Crippen molar-refractivity contribution in [3.63, 3.8) is 0 Å². The summed E-state index contributed by atoms with van der Waals surface area (Å²) in [5.74, 6) is 7.20. The Morgan fingerprint density at radius 3 is 2.84 bits per heavy atom. The van der Waals surface area contributed by atoms with Gasteiger partial charge in [-0.05, 0) is 29.8 Å². The SMILES string of the molecule is COc1ccccc1-c1nnc(SCc2ccc(F)cc2C#N)n1N. The highest BCUT2D eigenvalue weighted by Gasteiger charge is 2.16. The smallest absolute Gasteiger partial charge is 0.210 e. The Labute approximate surface area is 148 Å². The highest BCUT2D eigenvalue weighted by molar-refractivity contribution is 7.98.